The molecule has 0 aliphatic carbocycles. The number of nitro benzene ring substituents is 2. The molecule has 1 heterocycles. The molecule has 0 saturated heterocycles. The van der Waals surface area contributed by atoms with Gasteiger partial charge >= 0.3 is 5.69 Å². The average molecular weight is 494 g/mol. The lowest BCUT2D eigenvalue weighted by molar-refractivity contribution is -0.681. The Bertz CT molecular complexity index is 1080. The number of nitrogens with one attached hydrogen (secondary N) is 1. The van der Waals surface area contributed by atoms with Crippen LogP contribution in [-0.2, 0) is 6.54 Å². The van der Waals surface area contributed by atoms with Gasteiger partial charge in [-0.1, -0.05) is 29.8 Å². The van der Waals surface area contributed by atoms with Gasteiger partial charge in [0, 0.05) is 28.8 Å². The summed E-state index contributed by atoms with van der Waals surface area (Å²) in [5.41, 5.74) is 3.26. The van der Waals surface area contributed by atoms with E-state index in [1.165, 1.54) is 12.1 Å². The summed E-state index contributed by atoms with van der Waals surface area (Å²) in [4.78, 5) is 20.8. The zero-order valence-electron chi connectivity index (χ0n) is 15.3. The van der Waals surface area contributed by atoms with Gasteiger partial charge in [-0.15, -0.1) is 17.0 Å². The number of hydrazone groups is 1. The second-order valence-electron chi connectivity index (χ2n) is 5.94. The van der Waals surface area contributed by atoms with Gasteiger partial charge in [0.15, 0.2) is 18.9 Å². The maximum Gasteiger partial charge on any atom is 0.301 e. The molecule has 0 aliphatic rings. The SMILES string of the molecule is Br.O=[N+]([O-])c1ccc(N/N=C(/C[n+]2ccccc2)c2ccc(Cl)cc2)c([N+](=O)[O-])c1. The van der Waals surface area contributed by atoms with E-state index in [4.69, 9.17) is 11.6 Å². The average Bonchev–Trinajstić information content (AvgIpc) is 2.72. The van der Waals surface area contributed by atoms with Gasteiger partial charge < -0.3 is 0 Å². The molecule has 0 radical (unpaired) electrons. The molecule has 0 unspecified atom stereocenters. The Morgan fingerprint density at radius 3 is 2.27 bits per heavy atom. The standard InChI is InChI=1S/C19H15ClN5O4.BrH/c20-15-6-4-14(5-7-15)18(13-23-10-2-1-3-11-23)22-21-17-9-8-16(24(26)27)12-19(17)25(28)29;/h1-12,21H,13H2;1H/q+1;/b22-18-;. The van der Waals surface area contributed by atoms with E-state index in [9.17, 15) is 20.2 Å². The minimum atomic E-state index is -0.696. The monoisotopic (exact) mass is 492 g/mol. The van der Waals surface area contributed by atoms with E-state index in [1.807, 2.05) is 35.2 Å². The largest absolute Gasteiger partial charge is 0.301 e. The fraction of sp³-hybridized carbons (Fsp3) is 0.0526. The third kappa shape index (κ3) is 5.82. The Kier molecular flexibility index (Phi) is 7.96. The number of hydrogen-bond acceptors (Lipinski definition) is 6. The minimum Gasteiger partial charge on any atom is -0.271 e. The molecular weight excluding hydrogens is 478 g/mol. The van der Waals surface area contributed by atoms with Gasteiger partial charge in [0.1, 0.15) is 11.4 Å². The summed E-state index contributed by atoms with van der Waals surface area (Å²) in [5, 5.41) is 27.1. The number of nitrogens with zero attached hydrogens (tertiary/aromatic N) is 4. The smallest absolute Gasteiger partial charge is 0.271 e. The van der Waals surface area contributed by atoms with Crippen LogP contribution in [0.1, 0.15) is 5.56 Å². The van der Waals surface area contributed by atoms with Crippen LogP contribution in [0.5, 0.6) is 0 Å². The number of non-ortho nitro benzene ring substituents is 1. The molecule has 2 aromatic carbocycles. The molecule has 3 aromatic rings. The molecule has 11 heteroatoms. The van der Waals surface area contributed by atoms with Gasteiger partial charge in [-0.05, 0) is 18.2 Å². The highest BCUT2D eigenvalue weighted by molar-refractivity contribution is 8.93. The number of rotatable bonds is 7. The first-order chi connectivity index (χ1) is 13.9. The van der Waals surface area contributed by atoms with E-state index < -0.39 is 15.5 Å². The maximum absolute atomic E-state index is 11.3. The van der Waals surface area contributed by atoms with E-state index in [2.05, 4.69) is 10.5 Å². The number of benzene rings is 2. The van der Waals surface area contributed by atoms with Crippen molar-refractivity contribution in [3.63, 3.8) is 0 Å². The van der Waals surface area contributed by atoms with Gasteiger partial charge in [-0.25, -0.2) is 0 Å². The van der Waals surface area contributed by atoms with Crippen LogP contribution in [0, 0.1) is 20.2 Å². The topological polar surface area (TPSA) is 115 Å². The lowest BCUT2D eigenvalue weighted by Crippen LogP contribution is -2.37. The van der Waals surface area contributed by atoms with Crippen LogP contribution in [0.25, 0.3) is 0 Å². The summed E-state index contributed by atoms with van der Waals surface area (Å²) in [6.07, 6.45) is 3.72. The van der Waals surface area contributed by atoms with Crippen LogP contribution >= 0.6 is 28.6 Å². The van der Waals surface area contributed by atoms with Crippen molar-refractivity contribution in [2.45, 2.75) is 6.54 Å². The zero-order chi connectivity index (χ0) is 20.8. The number of halogens is 2. The third-order valence-electron chi connectivity index (χ3n) is 3.99. The first kappa shape index (κ1) is 22.9. The van der Waals surface area contributed by atoms with Gasteiger partial charge in [0.2, 0.25) is 0 Å². The van der Waals surface area contributed by atoms with Crippen LogP contribution in [0.4, 0.5) is 17.1 Å². The second-order valence-corrected chi connectivity index (χ2v) is 6.38. The number of pyridine rings is 1. The molecule has 154 valence electrons. The van der Waals surface area contributed by atoms with Crippen molar-refractivity contribution in [2.24, 2.45) is 5.10 Å². The van der Waals surface area contributed by atoms with Crippen LogP contribution in [0.15, 0.2) is 78.2 Å². The van der Waals surface area contributed by atoms with Gasteiger partial charge in [0.05, 0.1) is 15.9 Å². The highest BCUT2D eigenvalue weighted by Crippen LogP contribution is 2.29. The van der Waals surface area contributed by atoms with E-state index in [1.54, 1.807) is 24.3 Å². The van der Waals surface area contributed by atoms with Crippen LogP contribution in [0.2, 0.25) is 5.02 Å². The normalized spacial score (nSPS) is 10.8. The Labute approximate surface area is 186 Å². The van der Waals surface area contributed by atoms with E-state index >= 15 is 0 Å². The fourth-order valence-corrected chi connectivity index (χ4v) is 2.68. The van der Waals surface area contributed by atoms with E-state index in [0.717, 1.165) is 11.6 Å². The maximum atomic E-state index is 11.3. The molecule has 0 amide bonds. The molecule has 0 spiro atoms. The summed E-state index contributed by atoms with van der Waals surface area (Å²) in [7, 11) is 0. The number of nitro groups is 2. The molecule has 0 atom stereocenters. The molecule has 1 aromatic heterocycles. The van der Waals surface area contributed by atoms with E-state index in [0.29, 0.717) is 17.3 Å². The Balaban J connectivity index is 0.00000320. The summed E-state index contributed by atoms with van der Waals surface area (Å²) in [6.45, 7) is 0.385. The summed E-state index contributed by atoms with van der Waals surface area (Å²) in [5.74, 6) is 0. The summed E-state index contributed by atoms with van der Waals surface area (Å²) >= 11 is 5.95. The minimum absolute atomic E-state index is 0. The Morgan fingerprint density at radius 1 is 1.00 bits per heavy atom. The quantitative estimate of drug-likeness (QED) is 0.225. The molecule has 30 heavy (non-hydrogen) atoms. The molecule has 0 saturated carbocycles. The summed E-state index contributed by atoms with van der Waals surface area (Å²) in [6, 6.07) is 16.0. The zero-order valence-corrected chi connectivity index (χ0v) is 17.8. The van der Waals surface area contributed by atoms with Gasteiger partial charge in [-0.2, -0.15) is 9.67 Å². The van der Waals surface area contributed by atoms with Crippen molar-refractivity contribution in [1.29, 1.82) is 0 Å². The predicted molar refractivity (Wildman–Crippen MR) is 118 cm³/mol. The molecule has 0 fully saturated rings. The van der Waals surface area contributed by atoms with Crippen molar-refractivity contribution in [2.75, 3.05) is 5.43 Å². The van der Waals surface area contributed by atoms with Crippen LogP contribution < -0.4 is 9.99 Å². The lowest BCUT2D eigenvalue weighted by atomic mass is 10.1. The highest BCUT2D eigenvalue weighted by atomic mass is 79.9. The van der Waals surface area contributed by atoms with Crippen molar-refractivity contribution in [1.82, 2.24) is 0 Å². The molecule has 0 bridgehead atoms. The van der Waals surface area contributed by atoms with E-state index in [-0.39, 0.29) is 28.4 Å². The first-order valence-corrected chi connectivity index (χ1v) is 8.77. The van der Waals surface area contributed by atoms with Crippen molar-refractivity contribution in [3.8, 4) is 0 Å². The molecule has 1 N–H and O–H groups in total. The second kappa shape index (κ2) is 10.4. The van der Waals surface area contributed by atoms with Crippen molar-refractivity contribution >= 4 is 51.4 Å². The van der Waals surface area contributed by atoms with Crippen molar-refractivity contribution < 1.29 is 14.4 Å². The molecular formula is C19H16BrClN5O4+. The fourth-order valence-electron chi connectivity index (χ4n) is 2.55. The number of hydrogen-bond donors (Lipinski definition) is 1. The summed E-state index contributed by atoms with van der Waals surface area (Å²) < 4.78 is 1.89. The lowest BCUT2D eigenvalue weighted by Gasteiger charge is -2.07. The van der Waals surface area contributed by atoms with Crippen LogP contribution in [-0.4, -0.2) is 15.6 Å². The number of anilines is 1. The highest BCUT2D eigenvalue weighted by Gasteiger charge is 2.20. The van der Waals surface area contributed by atoms with Crippen LogP contribution in [0.3, 0.4) is 0 Å². The predicted octanol–water partition coefficient (Wildman–Crippen LogP) is 4.54. The molecule has 3 rings (SSSR count). The van der Waals surface area contributed by atoms with Crippen molar-refractivity contribution in [3.05, 3.63) is 104 Å². The molecule has 9 nitrogen and oxygen atoms in total. The Hall–Kier alpha value is -3.37. The van der Waals surface area contributed by atoms with Gasteiger partial charge in [-0.3, -0.25) is 25.7 Å². The van der Waals surface area contributed by atoms with Gasteiger partial charge in [0.25, 0.3) is 5.69 Å². The molecule has 0 aliphatic heterocycles. The number of aromatic nitrogens is 1. The first-order valence-electron chi connectivity index (χ1n) is 8.39. The Morgan fingerprint density at radius 2 is 1.67 bits per heavy atom. The third-order valence-corrected chi connectivity index (χ3v) is 4.24.